The zero-order valence-electron chi connectivity index (χ0n) is 15.0. The molecule has 4 heteroatoms. The lowest BCUT2D eigenvalue weighted by atomic mass is 9.95. The third kappa shape index (κ3) is 4.79. The zero-order chi connectivity index (χ0) is 16.8. The summed E-state index contributed by atoms with van der Waals surface area (Å²) in [7, 11) is 3.87. The second-order valence-electron chi connectivity index (χ2n) is 6.89. The summed E-state index contributed by atoms with van der Waals surface area (Å²) in [5.41, 5.74) is 1.37. The summed E-state index contributed by atoms with van der Waals surface area (Å²) in [6, 6.07) is 11.5. The monoisotopic (exact) mass is 317 g/mol. The predicted octanol–water partition coefficient (Wildman–Crippen LogP) is 2.35. The average molecular weight is 317 g/mol. The summed E-state index contributed by atoms with van der Waals surface area (Å²) in [6.07, 6.45) is 2.12. The minimum absolute atomic E-state index is 0.0441. The van der Waals surface area contributed by atoms with Gasteiger partial charge < -0.3 is 10.2 Å². The second kappa shape index (κ2) is 8.46. The number of amides is 1. The topological polar surface area (TPSA) is 35.6 Å². The van der Waals surface area contributed by atoms with Crippen molar-refractivity contribution in [3.63, 3.8) is 0 Å². The molecule has 4 nitrogen and oxygen atoms in total. The smallest absolute Gasteiger partial charge is 0.226 e. The van der Waals surface area contributed by atoms with Gasteiger partial charge in [0.15, 0.2) is 0 Å². The highest BCUT2D eigenvalue weighted by Gasteiger charge is 2.31. The second-order valence-corrected chi connectivity index (χ2v) is 6.89. The Labute approximate surface area is 140 Å². The first-order valence-corrected chi connectivity index (χ1v) is 8.72. The van der Waals surface area contributed by atoms with Crippen molar-refractivity contribution in [3.05, 3.63) is 35.9 Å². The molecule has 3 atom stereocenters. The Bertz CT molecular complexity index is 491. The van der Waals surface area contributed by atoms with Gasteiger partial charge in [0.2, 0.25) is 5.91 Å². The van der Waals surface area contributed by atoms with Crippen LogP contribution in [0.5, 0.6) is 0 Å². The number of likely N-dealkylation sites (tertiary alicyclic amines) is 1. The number of nitrogens with one attached hydrogen (secondary N) is 1. The van der Waals surface area contributed by atoms with Crippen LogP contribution in [-0.2, 0) is 11.3 Å². The minimum atomic E-state index is 0.0441. The van der Waals surface area contributed by atoms with Crippen molar-refractivity contribution < 1.29 is 4.79 Å². The first kappa shape index (κ1) is 18.0. The van der Waals surface area contributed by atoms with Crippen LogP contribution >= 0.6 is 0 Å². The van der Waals surface area contributed by atoms with E-state index in [0.717, 1.165) is 32.5 Å². The van der Waals surface area contributed by atoms with Crippen LogP contribution in [0.15, 0.2) is 30.3 Å². The number of benzene rings is 1. The van der Waals surface area contributed by atoms with E-state index in [9.17, 15) is 4.79 Å². The van der Waals surface area contributed by atoms with Gasteiger partial charge >= 0.3 is 0 Å². The van der Waals surface area contributed by atoms with E-state index < -0.39 is 0 Å². The van der Waals surface area contributed by atoms with Gasteiger partial charge in [-0.1, -0.05) is 37.3 Å². The molecular formula is C19H31N3O. The Balaban J connectivity index is 1.89. The fraction of sp³-hybridized carbons (Fsp3) is 0.632. The SMILES string of the molecule is CNCC(C)C(=O)N(C)C1CCN(Cc2ccccc2)C(C)C1. The number of carbonyl (C=O) groups excluding carboxylic acids is 1. The molecule has 0 saturated carbocycles. The van der Waals surface area contributed by atoms with Crippen LogP contribution in [0.3, 0.4) is 0 Å². The van der Waals surface area contributed by atoms with Gasteiger partial charge in [-0.3, -0.25) is 9.69 Å². The molecule has 128 valence electrons. The molecule has 1 amide bonds. The van der Waals surface area contributed by atoms with E-state index >= 15 is 0 Å². The van der Waals surface area contributed by atoms with Crippen molar-refractivity contribution in [1.82, 2.24) is 15.1 Å². The summed E-state index contributed by atoms with van der Waals surface area (Å²) in [5, 5.41) is 3.09. The number of carbonyl (C=O) groups is 1. The summed E-state index contributed by atoms with van der Waals surface area (Å²) >= 11 is 0. The van der Waals surface area contributed by atoms with Crippen molar-refractivity contribution >= 4 is 5.91 Å². The quantitative estimate of drug-likeness (QED) is 0.875. The van der Waals surface area contributed by atoms with Gasteiger partial charge in [0, 0.05) is 44.7 Å². The van der Waals surface area contributed by atoms with Crippen molar-refractivity contribution in [2.45, 2.75) is 45.3 Å². The van der Waals surface area contributed by atoms with Crippen molar-refractivity contribution in [2.75, 3.05) is 27.2 Å². The van der Waals surface area contributed by atoms with Crippen LogP contribution in [0.4, 0.5) is 0 Å². The van der Waals surface area contributed by atoms with E-state index in [2.05, 4.69) is 47.5 Å². The maximum Gasteiger partial charge on any atom is 0.226 e. The third-order valence-electron chi connectivity index (χ3n) is 5.04. The number of piperidine rings is 1. The fourth-order valence-corrected chi connectivity index (χ4v) is 3.52. The molecule has 1 heterocycles. The summed E-state index contributed by atoms with van der Waals surface area (Å²) in [6.45, 7) is 7.08. The van der Waals surface area contributed by atoms with E-state index in [1.54, 1.807) is 0 Å². The standard InChI is InChI=1S/C19H31N3O/c1-15(13-20-3)19(23)21(4)18-10-11-22(16(2)12-18)14-17-8-6-5-7-9-17/h5-9,15-16,18,20H,10-14H2,1-4H3. The highest BCUT2D eigenvalue weighted by molar-refractivity contribution is 5.78. The van der Waals surface area contributed by atoms with Gasteiger partial charge in [0.1, 0.15) is 0 Å². The average Bonchev–Trinajstić information content (AvgIpc) is 2.56. The Morgan fingerprint density at radius 1 is 1.39 bits per heavy atom. The van der Waals surface area contributed by atoms with Gasteiger partial charge in [0.05, 0.1) is 0 Å². The lowest BCUT2D eigenvalue weighted by molar-refractivity contribution is -0.136. The largest absolute Gasteiger partial charge is 0.342 e. The van der Waals surface area contributed by atoms with Crippen LogP contribution in [0.25, 0.3) is 0 Å². The van der Waals surface area contributed by atoms with Crippen LogP contribution in [0, 0.1) is 5.92 Å². The predicted molar refractivity (Wildman–Crippen MR) is 95.2 cm³/mol. The van der Waals surface area contributed by atoms with Gasteiger partial charge in [-0.25, -0.2) is 0 Å². The molecule has 0 aromatic heterocycles. The molecule has 1 saturated heterocycles. The molecule has 1 aliphatic heterocycles. The molecule has 1 aliphatic rings. The zero-order valence-corrected chi connectivity index (χ0v) is 15.0. The maximum absolute atomic E-state index is 12.5. The van der Waals surface area contributed by atoms with E-state index in [1.165, 1.54) is 5.56 Å². The highest BCUT2D eigenvalue weighted by atomic mass is 16.2. The molecule has 1 fully saturated rings. The summed E-state index contributed by atoms with van der Waals surface area (Å²) in [4.78, 5) is 17.0. The van der Waals surface area contributed by atoms with Crippen molar-refractivity contribution in [2.24, 2.45) is 5.92 Å². The fourth-order valence-electron chi connectivity index (χ4n) is 3.52. The molecule has 1 aromatic carbocycles. The first-order valence-electron chi connectivity index (χ1n) is 8.72. The Hall–Kier alpha value is -1.39. The van der Waals surface area contributed by atoms with E-state index in [0.29, 0.717) is 12.1 Å². The Morgan fingerprint density at radius 3 is 2.70 bits per heavy atom. The third-order valence-corrected chi connectivity index (χ3v) is 5.04. The normalized spacial score (nSPS) is 23.5. The minimum Gasteiger partial charge on any atom is -0.342 e. The number of nitrogens with zero attached hydrogens (tertiary/aromatic N) is 2. The van der Waals surface area contributed by atoms with Gasteiger partial charge in [-0.05, 0) is 32.4 Å². The molecule has 23 heavy (non-hydrogen) atoms. The van der Waals surface area contributed by atoms with Crippen molar-refractivity contribution in [1.29, 1.82) is 0 Å². The molecule has 0 radical (unpaired) electrons. The van der Waals surface area contributed by atoms with E-state index in [-0.39, 0.29) is 11.8 Å². The van der Waals surface area contributed by atoms with Gasteiger partial charge in [-0.15, -0.1) is 0 Å². The van der Waals surface area contributed by atoms with E-state index in [4.69, 9.17) is 0 Å². The van der Waals surface area contributed by atoms with Gasteiger partial charge in [0.25, 0.3) is 0 Å². The number of hydrogen-bond acceptors (Lipinski definition) is 3. The first-order chi connectivity index (χ1) is 11.0. The summed E-state index contributed by atoms with van der Waals surface area (Å²) < 4.78 is 0. The molecule has 1 aromatic rings. The van der Waals surface area contributed by atoms with E-state index in [1.807, 2.05) is 25.9 Å². The van der Waals surface area contributed by atoms with Crippen molar-refractivity contribution in [3.8, 4) is 0 Å². The highest BCUT2D eigenvalue weighted by Crippen LogP contribution is 2.23. The van der Waals surface area contributed by atoms with Gasteiger partial charge in [-0.2, -0.15) is 0 Å². The maximum atomic E-state index is 12.5. The Morgan fingerprint density at radius 2 is 2.09 bits per heavy atom. The van der Waals surface area contributed by atoms with Crippen LogP contribution in [-0.4, -0.2) is 55.0 Å². The molecule has 0 bridgehead atoms. The lowest BCUT2D eigenvalue weighted by Gasteiger charge is -2.41. The molecule has 2 rings (SSSR count). The van der Waals surface area contributed by atoms with Crippen LogP contribution in [0.2, 0.25) is 0 Å². The van der Waals surface area contributed by atoms with Crippen LogP contribution < -0.4 is 5.32 Å². The number of rotatable bonds is 6. The summed E-state index contributed by atoms with van der Waals surface area (Å²) in [5.74, 6) is 0.302. The molecular weight excluding hydrogens is 286 g/mol. The Kier molecular flexibility index (Phi) is 6.60. The molecule has 1 N–H and O–H groups in total. The molecule has 0 spiro atoms. The molecule has 3 unspecified atom stereocenters. The lowest BCUT2D eigenvalue weighted by Crippen LogP contribution is -2.50. The van der Waals surface area contributed by atoms with Crippen LogP contribution in [0.1, 0.15) is 32.3 Å². The number of hydrogen-bond donors (Lipinski definition) is 1. The molecule has 0 aliphatic carbocycles.